The molecule has 1 aromatic carbocycles. The molecule has 22 heavy (non-hydrogen) atoms. The Labute approximate surface area is 130 Å². The summed E-state index contributed by atoms with van der Waals surface area (Å²) in [6.45, 7) is 3.44. The third-order valence-electron chi connectivity index (χ3n) is 3.19. The molecular weight excluding hydrogens is 308 g/mol. The summed E-state index contributed by atoms with van der Waals surface area (Å²) < 4.78 is 30.0. The van der Waals surface area contributed by atoms with Gasteiger partial charge < -0.3 is 4.74 Å². The van der Waals surface area contributed by atoms with Gasteiger partial charge in [-0.05, 0) is 25.8 Å². The summed E-state index contributed by atoms with van der Waals surface area (Å²) in [5.41, 5.74) is 2.40. The highest BCUT2D eigenvalue weighted by atomic mass is 32.2. The Balaban J connectivity index is 2.30. The monoisotopic (exact) mass is 330 g/mol. The lowest BCUT2D eigenvalue weighted by atomic mass is 10.2. The van der Waals surface area contributed by atoms with E-state index in [9.17, 15) is 13.2 Å². The molecule has 0 saturated carbocycles. The quantitative estimate of drug-likeness (QED) is 0.353. The summed E-state index contributed by atoms with van der Waals surface area (Å²) >= 11 is 0. The minimum atomic E-state index is -3.89. The molecule has 7 nitrogen and oxygen atoms in total. The van der Waals surface area contributed by atoms with Gasteiger partial charge in [-0.2, -0.15) is 0 Å². The standard InChI is InChI=1S/C14H22N2O5S/c1-14(2,13(17)16-18)22(19,20)15-9-6-10-21-11-12-7-4-3-5-8-12/h3-5,7-8,15,18H,6,9-11H2,1-2H3,(H,16,17). The average Bonchev–Trinajstić information content (AvgIpc) is 2.50. The molecule has 8 heteroatoms. The number of benzene rings is 1. The van der Waals surface area contributed by atoms with Crippen LogP contribution < -0.4 is 10.2 Å². The van der Waals surface area contributed by atoms with Gasteiger partial charge in [0.15, 0.2) is 4.75 Å². The second-order valence-electron chi connectivity index (χ2n) is 5.24. The lowest BCUT2D eigenvalue weighted by Gasteiger charge is -2.22. The Morgan fingerprint density at radius 3 is 2.50 bits per heavy atom. The fraction of sp³-hybridized carbons (Fsp3) is 0.500. The van der Waals surface area contributed by atoms with Gasteiger partial charge in [0, 0.05) is 13.2 Å². The van der Waals surface area contributed by atoms with E-state index in [1.54, 1.807) is 0 Å². The largest absolute Gasteiger partial charge is 0.377 e. The summed E-state index contributed by atoms with van der Waals surface area (Å²) in [7, 11) is -3.89. The van der Waals surface area contributed by atoms with Gasteiger partial charge in [-0.15, -0.1) is 0 Å². The molecule has 1 amide bonds. The Bertz CT molecular complexity index is 572. The van der Waals surface area contributed by atoms with Crippen molar-refractivity contribution >= 4 is 15.9 Å². The third-order valence-corrected chi connectivity index (χ3v) is 5.30. The number of carbonyl (C=O) groups is 1. The highest BCUT2D eigenvalue weighted by Gasteiger charge is 2.41. The van der Waals surface area contributed by atoms with Gasteiger partial charge in [0.05, 0.1) is 6.61 Å². The molecule has 0 aliphatic heterocycles. The van der Waals surface area contributed by atoms with Crippen LogP contribution in [0.5, 0.6) is 0 Å². The molecule has 0 aliphatic carbocycles. The summed E-state index contributed by atoms with van der Waals surface area (Å²) in [6, 6.07) is 9.64. The van der Waals surface area contributed by atoms with Gasteiger partial charge in [0.2, 0.25) is 10.0 Å². The third kappa shape index (κ3) is 5.06. The van der Waals surface area contributed by atoms with Crippen molar-refractivity contribution in [1.29, 1.82) is 0 Å². The number of hydrogen-bond acceptors (Lipinski definition) is 5. The fourth-order valence-electron chi connectivity index (χ4n) is 1.58. The van der Waals surface area contributed by atoms with Gasteiger partial charge >= 0.3 is 0 Å². The topological polar surface area (TPSA) is 105 Å². The molecule has 0 aromatic heterocycles. The first-order valence-corrected chi connectivity index (χ1v) is 8.35. The van der Waals surface area contributed by atoms with Crippen LogP contribution in [-0.2, 0) is 26.2 Å². The molecule has 0 radical (unpaired) electrons. The molecule has 0 bridgehead atoms. The number of nitrogens with one attached hydrogen (secondary N) is 2. The van der Waals surface area contributed by atoms with E-state index in [0.29, 0.717) is 19.6 Å². The molecule has 0 fully saturated rings. The summed E-state index contributed by atoms with van der Waals surface area (Å²) in [5, 5.41) is 8.57. The van der Waals surface area contributed by atoms with E-state index >= 15 is 0 Å². The van der Waals surface area contributed by atoms with Gasteiger partial charge in [-0.1, -0.05) is 30.3 Å². The Kier molecular flexibility index (Phi) is 6.95. The van der Waals surface area contributed by atoms with Crippen LogP contribution >= 0.6 is 0 Å². The van der Waals surface area contributed by atoms with Gasteiger partial charge in [-0.3, -0.25) is 10.0 Å². The van der Waals surface area contributed by atoms with Crippen molar-refractivity contribution in [3.63, 3.8) is 0 Å². The van der Waals surface area contributed by atoms with E-state index in [1.807, 2.05) is 30.3 Å². The lowest BCUT2D eigenvalue weighted by Crippen LogP contribution is -2.52. The van der Waals surface area contributed by atoms with Crippen molar-refractivity contribution in [1.82, 2.24) is 10.2 Å². The maximum Gasteiger partial charge on any atom is 0.265 e. The molecule has 124 valence electrons. The Hall–Kier alpha value is -1.48. The fourth-order valence-corrected chi connectivity index (χ4v) is 2.65. The first-order valence-electron chi connectivity index (χ1n) is 6.86. The van der Waals surface area contributed by atoms with E-state index in [4.69, 9.17) is 9.94 Å². The predicted octanol–water partition coefficient (Wildman–Crippen LogP) is 0.797. The molecule has 0 heterocycles. The van der Waals surface area contributed by atoms with Gasteiger partial charge in [0.25, 0.3) is 5.91 Å². The molecule has 0 aliphatic rings. The summed E-state index contributed by atoms with van der Waals surface area (Å²) in [6.07, 6.45) is 0.475. The maximum atomic E-state index is 12.0. The molecule has 0 spiro atoms. The number of rotatable bonds is 9. The van der Waals surface area contributed by atoms with Crippen molar-refractivity contribution in [2.75, 3.05) is 13.2 Å². The number of hydrogen-bond donors (Lipinski definition) is 3. The minimum Gasteiger partial charge on any atom is -0.377 e. The van der Waals surface area contributed by atoms with E-state index in [-0.39, 0.29) is 6.54 Å². The predicted molar refractivity (Wildman–Crippen MR) is 81.6 cm³/mol. The molecule has 1 aromatic rings. The highest BCUT2D eigenvalue weighted by Crippen LogP contribution is 2.14. The summed E-state index contributed by atoms with van der Waals surface area (Å²) in [5.74, 6) is -0.986. The van der Waals surface area contributed by atoms with E-state index in [0.717, 1.165) is 5.56 Å². The molecule has 0 unspecified atom stereocenters. The van der Waals surface area contributed by atoms with Crippen LogP contribution in [-0.4, -0.2) is 37.4 Å². The Morgan fingerprint density at radius 2 is 1.91 bits per heavy atom. The SMILES string of the molecule is CC(C)(C(=O)NO)S(=O)(=O)NCCCOCc1ccccc1. The van der Waals surface area contributed by atoms with Gasteiger partial charge in [0.1, 0.15) is 0 Å². The highest BCUT2D eigenvalue weighted by molar-refractivity contribution is 7.91. The van der Waals surface area contributed by atoms with Crippen LogP contribution in [0.3, 0.4) is 0 Å². The van der Waals surface area contributed by atoms with Crippen LogP contribution in [0.4, 0.5) is 0 Å². The van der Waals surface area contributed by atoms with Crippen LogP contribution in [0.25, 0.3) is 0 Å². The molecule has 1 rings (SSSR count). The zero-order chi connectivity index (χ0) is 16.6. The smallest absolute Gasteiger partial charge is 0.265 e. The van der Waals surface area contributed by atoms with Crippen molar-refractivity contribution in [2.45, 2.75) is 31.6 Å². The molecule has 0 saturated heterocycles. The van der Waals surface area contributed by atoms with Crippen LogP contribution in [0, 0.1) is 0 Å². The van der Waals surface area contributed by atoms with Crippen LogP contribution in [0.15, 0.2) is 30.3 Å². The van der Waals surface area contributed by atoms with Crippen molar-refractivity contribution in [3.05, 3.63) is 35.9 Å². The van der Waals surface area contributed by atoms with E-state index in [1.165, 1.54) is 19.3 Å². The normalized spacial score (nSPS) is 12.1. The second kappa shape index (κ2) is 8.23. The zero-order valence-electron chi connectivity index (χ0n) is 12.7. The van der Waals surface area contributed by atoms with Crippen molar-refractivity contribution in [2.24, 2.45) is 0 Å². The Morgan fingerprint density at radius 1 is 1.27 bits per heavy atom. The van der Waals surface area contributed by atoms with Crippen LogP contribution in [0.2, 0.25) is 0 Å². The maximum absolute atomic E-state index is 12.0. The lowest BCUT2D eigenvalue weighted by molar-refractivity contribution is -0.131. The average molecular weight is 330 g/mol. The zero-order valence-corrected chi connectivity index (χ0v) is 13.5. The number of carbonyl (C=O) groups excluding carboxylic acids is 1. The first-order chi connectivity index (χ1) is 10.3. The number of hydroxylamine groups is 1. The molecular formula is C14H22N2O5S. The minimum absolute atomic E-state index is 0.152. The number of amides is 1. The molecule has 3 N–H and O–H groups in total. The van der Waals surface area contributed by atoms with Gasteiger partial charge in [-0.25, -0.2) is 18.6 Å². The van der Waals surface area contributed by atoms with Crippen LogP contribution in [0.1, 0.15) is 25.8 Å². The first kappa shape index (κ1) is 18.6. The second-order valence-corrected chi connectivity index (χ2v) is 7.56. The van der Waals surface area contributed by atoms with Crippen molar-refractivity contribution < 1.29 is 23.2 Å². The summed E-state index contributed by atoms with van der Waals surface area (Å²) in [4.78, 5) is 11.4. The van der Waals surface area contributed by atoms with E-state index in [2.05, 4.69) is 4.72 Å². The number of ether oxygens (including phenoxy) is 1. The van der Waals surface area contributed by atoms with Crippen molar-refractivity contribution in [3.8, 4) is 0 Å². The van der Waals surface area contributed by atoms with E-state index < -0.39 is 20.7 Å². The number of sulfonamides is 1. The molecule has 0 atom stereocenters.